The van der Waals surface area contributed by atoms with E-state index in [4.69, 9.17) is 4.74 Å². The second kappa shape index (κ2) is 65.9. The summed E-state index contributed by atoms with van der Waals surface area (Å²) in [5.74, 6) is -0.0219. The molecule has 0 saturated heterocycles. The Bertz CT molecular complexity index is 1190. The number of hydrogen-bond donors (Lipinski definition) is 3. The van der Waals surface area contributed by atoms with E-state index in [9.17, 15) is 19.8 Å². The van der Waals surface area contributed by atoms with Gasteiger partial charge in [-0.1, -0.05) is 346 Å². The molecule has 0 saturated carbocycles. The number of ether oxygens (including phenoxy) is 1. The lowest BCUT2D eigenvalue weighted by Gasteiger charge is -2.22. The van der Waals surface area contributed by atoms with Crippen LogP contribution in [0, 0.1) is 0 Å². The van der Waals surface area contributed by atoms with Gasteiger partial charge < -0.3 is 20.3 Å². The lowest BCUT2D eigenvalue weighted by atomic mass is 10.0. The zero-order valence-corrected chi connectivity index (χ0v) is 51.5. The van der Waals surface area contributed by atoms with Crippen LogP contribution in [0.5, 0.6) is 0 Å². The van der Waals surface area contributed by atoms with Gasteiger partial charge in [-0.3, -0.25) is 9.59 Å². The van der Waals surface area contributed by atoms with Crippen molar-refractivity contribution in [3.05, 3.63) is 24.3 Å². The molecule has 0 aliphatic carbocycles. The van der Waals surface area contributed by atoms with Crippen LogP contribution in [0.1, 0.15) is 386 Å². The molecular formula is C70H135NO5. The monoisotopic (exact) mass is 1070 g/mol. The lowest BCUT2D eigenvalue weighted by molar-refractivity contribution is -0.143. The fraction of sp³-hybridized carbons (Fsp3) is 0.914. The number of unbranched alkanes of at least 4 members (excludes halogenated alkanes) is 50. The van der Waals surface area contributed by atoms with E-state index in [1.165, 1.54) is 302 Å². The van der Waals surface area contributed by atoms with Gasteiger partial charge in [-0.2, -0.15) is 0 Å². The molecule has 0 radical (unpaired) electrons. The van der Waals surface area contributed by atoms with E-state index in [-0.39, 0.29) is 18.5 Å². The first-order chi connectivity index (χ1) is 37.5. The van der Waals surface area contributed by atoms with Crippen LogP contribution in [-0.2, 0) is 14.3 Å². The minimum Gasteiger partial charge on any atom is -0.466 e. The Labute approximate surface area is 475 Å². The highest BCUT2D eigenvalue weighted by Crippen LogP contribution is 2.19. The normalized spacial score (nSPS) is 12.6. The van der Waals surface area contributed by atoms with E-state index in [0.717, 1.165) is 51.4 Å². The maximum Gasteiger partial charge on any atom is 0.305 e. The largest absolute Gasteiger partial charge is 0.466 e. The highest BCUT2D eigenvalue weighted by atomic mass is 16.5. The Balaban J connectivity index is 3.32. The Hall–Kier alpha value is -1.66. The van der Waals surface area contributed by atoms with E-state index in [1.807, 2.05) is 0 Å². The number of allylic oxidation sites excluding steroid dienone is 4. The Morgan fingerprint density at radius 1 is 0.368 bits per heavy atom. The molecule has 0 bridgehead atoms. The van der Waals surface area contributed by atoms with Gasteiger partial charge in [0.25, 0.3) is 0 Å². The summed E-state index contributed by atoms with van der Waals surface area (Å²) >= 11 is 0. The van der Waals surface area contributed by atoms with Crippen molar-refractivity contribution in [1.82, 2.24) is 5.32 Å². The molecule has 0 spiro atoms. The second-order valence-corrected chi connectivity index (χ2v) is 23.9. The number of aliphatic hydroxyl groups is 2. The standard InChI is InChI=1S/C70H135NO5/c1-3-5-7-9-11-13-15-17-38-42-46-50-54-58-62-68(73)67(66-72)71-69(74)63-59-55-51-47-43-39-36-34-32-30-28-26-24-22-20-19-21-23-25-27-29-31-33-35-37-41-45-49-53-57-61-65-76-70(75)64-60-56-52-48-44-40-18-16-14-12-10-8-6-4-2/h10,12,16,18,67-68,72-73H,3-9,11,13-15,17,19-66H2,1-2H3,(H,71,74)/b12-10-,18-16-. The van der Waals surface area contributed by atoms with Gasteiger partial charge in [0, 0.05) is 12.8 Å². The highest BCUT2D eigenvalue weighted by Gasteiger charge is 2.20. The van der Waals surface area contributed by atoms with Gasteiger partial charge in [-0.05, 0) is 51.4 Å². The van der Waals surface area contributed by atoms with Gasteiger partial charge in [0.2, 0.25) is 5.91 Å². The summed E-state index contributed by atoms with van der Waals surface area (Å²) in [5, 5.41) is 23.3. The van der Waals surface area contributed by atoms with Gasteiger partial charge in [0.05, 0.1) is 25.4 Å². The summed E-state index contributed by atoms with van der Waals surface area (Å²) in [6, 6.07) is -0.537. The molecule has 6 nitrogen and oxygen atoms in total. The summed E-state index contributed by atoms with van der Waals surface area (Å²) in [6.45, 7) is 4.94. The molecule has 0 rings (SSSR count). The third-order valence-corrected chi connectivity index (χ3v) is 16.3. The van der Waals surface area contributed by atoms with Crippen LogP contribution in [0.15, 0.2) is 24.3 Å². The molecule has 2 unspecified atom stereocenters. The Morgan fingerprint density at radius 3 is 1.04 bits per heavy atom. The molecule has 450 valence electrons. The van der Waals surface area contributed by atoms with Gasteiger partial charge in [0.1, 0.15) is 0 Å². The van der Waals surface area contributed by atoms with Crippen LogP contribution < -0.4 is 5.32 Å². The molecule has 0 aliphatic rings. The van der Waals surface area contributed by atoms with Crippen LogP contribution in [0.25, 0.3) is 0 Å². The number of esters is 1. The van der Waals surface area contributed by atoms with Gasteiger partial charge >= 0.3 is 5.97 Å². The van der Waals surface area contributed by atoms with Crippen LogP contribution in [0.3, 0.4) is 0 Å². The molecule has 0 fully saturated rings. The third kappa shape index (κ3) is 61.6. The second-order valence-electron chi connectivity index (χ2n) is 23.9. The summed E-state index contributed by atoms with van der Waals surface area (Å²) in [4.78, 5) is 24.5. The lowest BCUT2D eigenvalue weighted by Crippen LogP contribution is -2.45. The zero-order chi connectivity index (χ0) is 55.0. The van der Waals surface area contributed by atoms with Crippen molar-refractivity contribution in [2.75, 3.05) is 13.2 Å². The van der Waals surface area contributed by atoms with Crippen LogP contribution >= 0.6 is 0 Å². The molecule has 0 aromatic heterocycles. The van der Waals surface area contributed by atoms with Crippen LogP contribution in [0.4, 0.5) is 0 Å². The average Bonchev–Trinajstić information content (AvgIpc) is 3.42. The minimum atomic E-state index is -0.660. The first-order valence-electron chi connectivity index (χ1n) is 34.6. The Kier molecular flexibility index (Phi) is 64.4. The predicted molar refractivity (Wildman–Crippen MR) is 333 cm³/mol. The molecule has 2 atom stereocenters. The van der Waals surface area contributed by atoms with Gasteiger partial charge in [-0.25, -0.2) is 0 Å². The first-order valence-corrected chi connectivity index (χ1v) is 34.6. The van der Waals surface area contributed by atoms with Crippen molar-refractivity contribution in [3.63, 3.8) is 0 Å². The van der Waals surface area contributed by atoms with Crippen molar-refractivity contribution in [3.8, 4) is 0 Å². The van der Waals surface area contributed by atoms with E-state index in [1.54, 1.807) is 0 Å². The molecule has 76 heavy (non-hydrogen) atoms. The van der Waals surface area contributed by atoms with Crippen molar-refractivity contribution in [2.24, 2.45) is 0 Å². The van der Waals surface area contributed by atoms with Gasteiger partial charge in [0.15, 0.2) is 0 Å². The van der Waals surface area contributed by atoms with E-state index >= 15 is 0 Å². The molecule has 1 amide bonds. The quantitative estimate of drug-likeness (QED) is 0.0320. The number of carbonyl (C=O) groups is 2. The summed E-state index contributed by atoms with van der Waals surface area (Å²) in [7, 11) is 0. The van der Waals surface area contributed by atoms with Crippen molar-refractivity contribution in [2.45, 2.75) is 398 Å². The number of amides is 1. The average molecular weight is 1070 g/mol. The smallest absolute Gasteiger partial charge is 0.305 e. The number of carbonyl (C=O) groups excluding carboxylic acids is 2. The Morgan fingerprint density at radius 2 is 0.671 bits per heavy atom. The summed E-state index contributed by atoms with van der Waals surface area (Å²) < 4.78 is 5.48. The first kappa shape index (κ1) is 74.3. The summed E-state index contributed by atoms with van der Waals surface area (Å²) in [6.07, 6.45) is 82.3. The van der Waals surface area contributed by atoms with E-state index in [2.05, 4.69) is 43.5 Å². The van der Waals surface area contributed by atoms with Crippen LogP contribution in [-0.4, -0.2) is 47.4 Å². The number of nitrogens with one attached hydrogen (secondary N) is 1. The maximum absolute atomic E-state index is 12.5. The maximum atomic E-state index is 12.5. The van der Waals surface area contributed by atoms with Crippen LogP contribution in [0.2, 0.25) is 0 Å². The SMILES string of the molecule is CCCC/C=C\C/C=C\CCCCCCCC(=O)OCCCCCCCCCCCCCCCCCCCCCCCCCCCCCCCCCC(=O)NC(CO)C(O)CCCCCCCCCCCCCCCC. The van der Waals surface area contributed by atoms with Crippen molar-refractivity contribution in [1.29, 1.82) is 0 Å². The molecular weight excluding hydrogens is 935 g/mol. The number of aliphatic hydroxyl groups excluding tert-OH is 2. The fourth-order valence-electron chi connectivity index (χ4n) is 11.0. The minimum absolute atomic E-state index is 0.00645. The zero-order valence-electron chi connectivity index (χ0n) is 51.5. The van der Waals surface area contributed by atoms with E-state index < -0.39 is 12.1 Å². The molecule has 0 aliphatic heterocycles. The highest BCUT2D eigenvalue weighted by molar-refractivity contribution is 5.76. The third-order valence-electron chi connectivity index (χ3n) is 16.3. The topological polar surface area (TPSA) is 95.9 Å². The molecule has 0 heterocycles. The summed E-state index contributed by atoms with van der Waals surface area (Å²) in [5.41, 5.74) is 0. The number of hydrogen-bond acceptors (Lipinski definition) is 5. The number of rotatable bonds is 65. The fourth-order valence-corrected chi connectivity index (χ4v) is 11.0. The van der Waals surface area contributed by atoms with Crippen molar-refractivity contribution >= 4 is 11.9 Å². The molecule has 0 aromatic carbocycles. The molecule has 6 heteroatoms. The predicted octanol–water partition coefficient (Wildman–Crippen LogP) is 22.1. The van der Waals surface area contributed by atoms with Gasteiger partial charge in [-0.15, -0.1) is 0 Å². The van der Waals surface area contributed by atoms with E-state index in [0.29, 0.717) is 25.9 Å². The molecule has 3 N–H and O–H groups in total. The van der Waals surface area contributed by atoms with Crippen molar-refractivity contribution < 1.29 is 24.5 Å². The molecule has 0 aromatic rings.